The molecule has 200 valence electrons. The normalized spacial score (nSPS) is 16.0. The first-order valence-corrected chi connectivity index (χ1v) is 14.1. The fraction of sp³-hybridized carbons (Fsp3) is 0.130. The van der Waals surface area contributed by atoms with E-state index in [1.54, 1.807) is 16.6 Å². The molecule has 15 heteroatoms. The molecule has 2 aliphatic rings. The van der Waals surface area contributed by atoms with Crippen LogP contribution >= 0.6 is 46.9 Å². The third kappa shape index (κ3) is 5.90. The first kappa shape index (κ1) is 28.1. The number of hydrogen-bond acceptors (Lipinski definition) is 9. The van der Waals surface area contributed by atoms with Crippen LogP contribution in [-0.4, -0.2) is 42.9 Å². The van der Waals surface area contributed by atoms with Crippen molar-refractivity contribution >= 4 is 74.5 Å². The number of benzene rings is 2. The lowest BCUT2D eigenvalue weighted by Gasteiger charge is -2.24. The van der Waals surface area contributed by atoms with E-state index in [-0.39, 0.29) is 36.8 Å². The van der Waals surface area contributed by atoms with Gasteiger partial charge in [-0.3, -0.25) is 13.8 Å². The van der Waals surface area contributed by atoms with Crippen LogP contribution in [0.1, 0.15) is 22.0 Å². The topological polar surface area (TPSA) is 137 Å². The number of nitrogens with one attached hydrogen (secondary N) is 3. The lowest BCUT2D eigenvalue weighted by molar-refractivity contribution is -0.146. The predicted molar refractivity (Wildman–Crippen MR) is 147 cm³/mol. The van der Waals surface area contributed by atoms with Gasteiger partial charge in [-0.05, 0) is 48.0 Å². The summed E-state index contributed by atoms with van der Waals surface area (Å²) in [7, 11) is -3.10. The Kier molecular flexibility index (Phi) is 8.50. The summed E-state index contributed by atoms with van der Waals surface area (Å²) >= 11 is 19.2. The second-order valence-corrected chi connectivity index (χ2v) is 11.5. The molecule has 2 atom stereocenters. The standard InChI is InChI=1S/C23H19Cl3N4O6S2/c1-36-23(33)20(21(31)12-4-7-15(25)16(26)9-12)28-22(32)14-6-5-13(24)10-17(14)29-38(34,35)19-3-2-8-30-18(19)11-27-37-30/h2-11,20-21,27,29,31H,1H3,(H,28,32). The number of sulfonamides is 1. The van der Waals surface area contributed by atoms with E-state index in [1.807, 2.05) is 0 Å². The lowest BCUT2D eigenvalue weighted by Crippen LogP contribution is -2.45. The van der Waals surface area contributed by atoms with E-state index < -0.39 is 34.0 Å². The van der Waals surface area contributed by atoms with Crippen molar-refractivity contribution in [3.05, 3.63) is 97.7 Å². The van der Waals surface area contributed by atoms with Gasteiger partial charge in [0.15, 0.2) is 6.04 Å². The molecule has 10 nitrogen and oxygen atoms in total. The molecule has 0 aromatic heterocycles. The van der Waals surface area contributed by atoms with Crippen molar-refractivity contribution in [2.24, 2.45) is 0 Å². The Morgan fingerprint density at radius 1 is 1.13 bits per heavy atom. The molecule has 1 amide bonds. The third-order valence-electron chi connectivity index (χ3n) is 5.41. The Bertz CT molecular complexity index is 1500. The van der Waals surface area contributed by atoms with Crippen molar-refractivity contribution < 1.29 is 27.9 Å². The van der Waals surface area contributed by atoms with Gasteiger partial charge in [0, 0.05) is 17.4 Å². The maximum atomic E-state index is 13.3. The molecule has 4 N–H and O–H groups in total. The molecule has 0 spiro atoms. The van der Waals surface area contributed by atoms with Gasteiger partial charge in [0.1, 0.15) is 11.0 Å². The average molecular weight is 618 g/mol. The summed E-state index contributed by atoms with van der Waals surface area (Å²) in [5.41, 5.74) is 0.257. The minimum absolute atomic E-state index is 0.0497. The molecule has 0 saturated carbocycles. The molecule has 2 unspecified atom stereocenters. The van der Waals surface area contributed by atoms with Gasteiger partial charge < -0.3 is 19.9 Å². The Morgan fingerprint density at radius 2 is 1.89 bits per heavy atom. The number of allylic oxidation sites excluding steroid dienone is 2. The zero-order chi connectivity index (χ0) is 27.6. The maximum Gasteiger partial charge on any atom is 0.331 e. The van der Waals surface area contributed by atoms with Crippen LogP contribution in [0.15, 0.2) is 71.6 Å². The van der Waals surface area contributed by atoms with Crippen LogP contribution in [0.25, 0.3) is 0 Å². The molecule has 4 rings (SSSR count). The molecule has 38 heavy (non-hydrogen) atoms. The Balaban J connectivity index is 1.63. The molecular weight excluding hydrogens is 599 g/mol. The Hall–Kier alpha value is -2.87. The number of nitrogens with zero attached hydrogens (tertiary/aromatic N) is 1. The molecule has 2 aromatic rings. The van der Waals surface area contributed by atoms with Crippen LogP contribution in [0, 0.1) is 0 Å². The molecule has 2 aromatic carbocycles. The number of ether oxygens (including phenoxy) is 1. The number of aliphatic hydroxyl groups is 1. The van der Waals surface area contributed by atoms with Crippen LogP contribution in [0.2, 0.25) is 15.1 Å². The summed E-state index contributed by atoms with van der Waals surface area (Å²) in [5, 5.41) is 13.8. The average Bonchev–Trinajstić information content (AvgIpc) is 3.36. The highest BCUT2D eigenvalue weighted by atomic mass is 35.5. The molecule has 0 radical (unpaired) electrons. The molecule has 2 aliphatic heterocycles. The lowest BCUT2D eigenvalue weighted by atomic mass is 10.0. The van der Waals surface area contributed by atoms with Gasteiger partial charge in [0.05, 0.1) is 46.2 Å². The fourth-order valence-electron chi connectivity index (χ4n) is 3.56. The van der Waals surface area contributed by atoms with Gasteiger partial charge in [-0.1, -0.05) is 40.9 Å². The first-order valence-electron chi connectivity index (χ1n) is 10.7. The number of carbonyl (C=O) groups excluding carboxylic acids is 2. The highest BCUT2D eigenvalue weighted by molar-refractivity contribution is 7.97. The van der Waals surface area contributed by atoms with Crippen LogP contribution < -0.4 is 14.8 Å². The van der Waals surface area contributed by atoms with E-state index in [2.05, 4.69) is 14.8 Å². The van der Waals surface area contributed by atoms with Crippen LogP contribution in [0.5, 0.6) is 0 Å². The van der Waals surface area contributed by atoms with Gasteiger partial charge in [0.25, 0.3) is 15.9 Å². The summed E-state index contributed by atoms with van der Waals surface area (Å²) in [6.45, 7) is 0. The van der Waals surface area contributed by atoms with E-state index >= 15 is 0 Å². The minimum atomic E-state index is -4.19. The fourth-order valence-corrected chi connectivity index (χ4v) is 6.02. The number of anilines is 1. The SMILES string of the molecule is COC(=O)C(NC(=O)c1ccc(Cl)cc1NS(=O)(=O)C1=CC=CN2SNC=C12)C(O)c1ccc(Cl)c(Cl)c1. The van der Waals surface area contributed by atoms with Crippen molar-refractivity contribution in [2.45, 2.75) is 12.1 Å². The number of amides is 1. The molecule has 0 aliphatic carbocycles. The number of aliphatic hydroxyl groups excluding tert-OH is 1. The molecule has 0 bridgehead atoms. The molecule has 0 fully saturated rings. The maximum absolute atomic E-state index is 13.3. The summed E-state index contributed by atoms with van der Waals surface area (Å²) < 4.78 is 38.2. The van der Waals surface area contributed by atoms with E-state index in [4.69, 9.17) is 39.5 Å². The highest BCUT2D eigenvalue weighted by Gasteiger charge is 2.34. The number of carbonyl (C=O) groups is 2. The van der Waals surface area contributed by atoms with Gasteiger partial charge >= 0.3 is 5.97 Å². The largest absolute Gasteiger partial charge is 0.467 e. The Morgan fingerprint density at radius 3 is 2.61 bits per heavy atom. The second-order valence-electron chi connectivity index (χ2n) is 7.83. The molecule has 0 saturated heterocycles. The third-order valence-corrected chi connectivity index (χ3v) is 8.53. The second kappa shape index (κ2) is 11.5. The molecular formula is C23H19Cl3N4O6S2. The summed E-state index contributed by atoms with van der Waals surface area (Å²) in [5.74, 6) is -1.84. The number of methoxy groups -OCH3 is 1. The number of halogens is 3. The van der Waals surface area contributed by atoms with Crippen molar-refractivity contribution in [2.75, 3.05) is 11.8 Å². The minimum Gasteiger partial charge on any atom is -0.467 e. The van der Waals surface area contributed by atoms with Crippen molar-refractivity contribution in [3.8, 4) is 0 Å². The smallest absolute Gasteiger partial charge is 0.331 e. The highest BCUT2D eigenvalue weighted by Crippen LogP contribution is 2.35. The summed E-state index contributed by atoms with van der Waals surface area (Å²) in [6, 6.07) is 6.54. The number of hydrogen-bond donors (Lipinski definition) is 4. The number of esters is 1. The Labute approximate surface area is 237 Å². The van der Waals surface area contributed by atoms with Gasteiger partial charge in [-0.2, -0.15) is 0 Å². The van der Waals surface area contributed by atoms with Crippen molar-refractivity contribution in [3.63, 3.8) is 0 Å². The van der Waals surface area contributed by atoms with E-state index in [9.17, 15) is 23.1 Å². The number of fused-ring (bicyclic) bond motifs is 1. The van der Waals surface area contributed by atoms with E-state index in [1.165, 1.54) is 60.8 Å². The number of rotatable bonds is 8. The van der Waals surface area contributed by atoms with Gasteiger partial charge in [-0.25, -0.2) is 13.2 Å². The van der Waals surface area contributed by atoms with E-state index in [0.29, 0.717) is 5.70 Å². The quantitative estimate of drug-likeness (QED) is 0.255. The van der Waals surface area contributed by atoms with Crippen molar-refractivity contribution in [1.82, 2.24) is 14.3 Å². The van der Waals surface area contributed by atoms with Crippen LogP contribution in [0.4, 0.5) is 5.69 Å². The molecule has 2 heterocycles. The monoisotopic (exact) mass is 616 g/mol. The zero-order valence-corrected chi connectivity index (χ0v) is 23.2. The van der Waals surface area contributed by atoms with E-state index in [0.717, 1.165) is 7.11 Å². The zero-order valence-electron chi connectivity index (χ0n) is 19.3. The summed E-state index contributed by atoms with van der Waals surface area (Å²) in [6.07, 6.45) is 4.60. The first-order chi connectivity index (χ1) is 18.0. The van der Waals surface area contributed by atoms with Gasteiger partial charge in [-0.15, -0.1) is 0 Å². The predicted octanol–water partition coefficient (Wildman–Crippen LogP) is 4.11. The van der Waals surface area contributed by atoms with Crippen LogP contribution in [-0.2, 0) is 19.6 Å². The van der Waals surface area contributed by atoms with Crippen LogP contribution in [0.3, 0.4) is 0 Å². The van der Waals surface area contributed by atoms with Gasteiger partial charge in [0.2, 0.25) is 0 Å². The van der Waals surface area contributed by atoms with Crippen molar-refractivity contribution in [1.29, 1.82) is 0 Å². The summed E-state index contributed by atoms with van der Waals surface area (Å²) in [4.78, 5) is 25.7.